The summed E-state index contributed by atoms with van der Waals surface area (Å²) in [5.41, 5.74) is -1.47. The van der Waals surface area contributed by atoms with Gasteiger partial charge in [0.1, 0.15) is 5.69 Å². The maximum Gasteiger partial charge on any atom is 0.416 e. The van der Waals surface area contributed by atoms with Crippen LogP contribution in [-0.4, -0.2) is 47.4 Å². The third-order valence-electron chi connectivity index (χ3n) is 3.72. The molecule has 1 saturated heterocycles. The molecule has 0 amide bonds. The van der Waals surface area contributed by atoms with Crippen LogP contribution in [0, 0.1) is 21.6 Å². The molecule has 134 valence electrons. The minimum Gasteiger partial charge on any atom is -0.362 e. The van der Waals surface area contributed by atoms with Crippen LogP contribution in [-0.2, 0) is 6.18 Å². The van der Waals surface area contributed by atoms with Gasteiger partial charge in [-0.3, -0.25) is 10.1 Å². The Bertz CT molecular complexity index is 724. The Morgan fingerprint density at radius 3 is 2.48 bits per heavy atom. The Kier molecular flexibility index (Phi) is 5.73. The average molecular weight is 373 g/mol. The lowest BCUT2D eigenvalue weighted by Crippen LogP contribution is -2.48. The molecule has 1 aromatic rings. The molecule has 0 aliphatic carbocycles. The van der Waals surface area contributed by atoms with Gasteiger partial charge in [0, 0.05) is 32.2 Å². The van der Waals surface area contributed by atoms with Crippen molar-refractivity contribution in [1.82, 2.24) is 4.90 Å². The van der Waals surface area contributed by atoms with Crippen molar-refractivity contribution >= 4 is 28.3 Å². The fraction of sp³-hybridized carbons (Fsp3) is 0.429. The first-order chi connectivity index (χ1) is 11.8. The summed E-state index contributed by atoms with van der Waals surface area (Å²) in [6, 6.07) is 2.54. The minimum absolute atomic E-state index is 0.153. The van der Waals surface area contributed by atoms with E-state index < -0.39 is 22.4 Å². The number of nitro groups is 1. The van der Waals surface area contributed by atoms with Crippen LogP contribution < -0.4 is 4.90 Å². The second-order valence-corrected chi connectivity index (χ2v) is 5.90. The van der Waals surface area contributed by atoms with E-state index in [0.29, 0.717) is 37.4 Å². The highest BCUT2D eigenvalue weighted by Gasteiger charge is 2.34. The van der Waals surface area contributed by atoms with Gasteiger partial charge < -0.3 is 9.80 Å². The number of thioether (sulfide) groups is 1. The SMILES string of the molecule is CSC(=NC#N)N1CCN(c2ccc(C(F)(F)F)cc2[N+](=O)[O-])CC1. The van der Waals surface area contributed by atoms with E-state index >= 15 is 0 Å². The van der Waals surface area contributed by atoms with Crippen molar-refractivity contribution in [2.75, 3.05) is 37.3 Å². The molecule has 1 aliphatic rings. The lowest BCUT2D eigenvalue weighted by Gasteiger charge is -2.36. The van der Waals surface area contributed by atoms with E-state index in [1.807, 2.05) is 4.90 Å². The van der Waals surface area contributed by atoms with Crippen molar-refractivity contribution in [2.45, 2.75) is 6.18 Å². The van der Waals surface area contributed by atoms with Crippen LogP contribution in [0.3, 0.4) is 0 Å². The molecule has 0 bridgehead atoms. The van der Waals surface area contributed by atoms with Gasteiger partial charge in [-0.1, -0.05) is 11.8 Å². The standard InChI is InChI=1S/C14H14F3N5O2S/c1-25-13(19-9-18)21-6-4-20(5-7-21)11-3-2-10(14(15,16)17)8-12(11)22(23)24/h2-3,8H,4-7H2,1H3. The third kappa shape index (κ3) is 4.33. The third-order valence-corrected chi connectivity index (χ3v) is 4.43. The van der Waals surface area contributed by atoms with Crippen LogP contribution in [0.1, 0.15) is 5.56 Å². The van der Waals surface area contributed by atoms with Crippen LogP contribution in [0.5, 0.6) is 0 Å². The van der Waals surface area contributed by atoms with Gasteiger partial charge in [-0.25, -0.2) is 0 Å². The molecule has 0 saturated carbocycles. The zero-order valence-electron chi connectivity index (χ0n) is 13.2. The molecule has 0 atom stereocenters. The number of aliphatic imine (C=N–C) groups is 1. The predicted octanol–water partition coefficient (Wildman–Crippen LogP) is 2.94. The molecule has 1 aromatic carbocycles. The number of rotatable bonds is 2. The number of nitrogens with zero attached hydrogens (tertiary/aromatic N) is 5. The summed E-state index contributed by atoms with van der Waals surface area (Å²) >= 11 is 1.31. The van der Waals surface area contributed by atoms with Crippen LogP contribution in [0.2, 0.25) is 0 Å². The normalized spacial score (nSPS) is 15.9. The molecule has 7 nitrogen and oxygen atoms in total. The number of hydrogen-bond donors (Lipinski definition) is 0. The first kappa shape index (κ1) is 18.9. The van der Waals surface area contributed by atoms with Gasteiger partial charge in [-0.05, 0) is 18.4 Å². The van der Waals surface area contributed by atoms with E-state index in [0.717, 1.165) is 12.1 Å². The fourth-order valence-electron chi connectivity index (χ4n) is 2.54. The van der Waals surface area contributed by atoms with Gasteiger partial charge in [0.25, 0.3) is 5.69 Å². The van der Waals surface area contributed by atoms with E-state index in [4.69, 9.17) is 5.26 Å². The molecule has 0 N–H and O–H groups in total. The molecule has 25 heavy (non-hydrogen) atoms. The number of nitro benzene ring substituents is 1. The van der Waals surface area contributed by atoms with Gasteiger partial charge in [-0.2, -0.15) is 18.4 Å². The fourth-order valence-corrected chi connectivity index (χ4v) is 3.11. The number of anilines is 1. The summed E-state index contributed by atoms with van der Waals surface area (Å²) in [6.07, 6.45) is -1.14. The van der Waals surface area contributed by atoms with Crippen molar-refractivity contribution in [3.8, 4) is 6.19 Å². The summed E-state index contributed by atoms with van der Waals surface area (Å²) in [5, 5.41) is 20.4. The Morgan fingerprint density at radius 1 is 1.36 bits per heavy atom. The molecule has 0 unspecified atom stereocenters. The van der Waals surface area contributed by atoms with Crippen LogP contribution in [0.4, 0.5) is 24.5 Å². The monoisotopic (exact) mass is 373 g/mol. The zero-order valence-corrected chi connectivity index (χ0v) is 14.0. The summed E-state index contributed by atoms with van der Waals surface area (Å²) in [4.78, 5) is 17.6. The number of amidine groups is 1. The number of halogens is 3. The summed E-state index contributed by atoms with van der Waals surface area (Å²) in [6.45, 7) is 1.66. The first-order valence-electron chi connectivity index (χ1n) is 7.14. The van der Waals surface area contributed by atoms with Gasteiger partial charge in [0.05, 0.1) is 10.5 Å². The Balaban J connectivity index is 2.22. The van der Waals surface area contributed by atoms with Crippen molar-refractivity contribution in [2.24, 2.45) is 4.99 Å². The molecule has 1 aliphatic heterocycles. The maximum atomic E-state index is 12.8. The lowest BCUT2D eigenvalue weighted by atomic mass is 10.1. The van der Waals surface area contributed by atoms with E-state index in [2.05, 4.69) is 4.99 Å². The highest BCUT2D eigenvalue weighted by molar-refractivity contribution is 8.13. The van der Waals surface area contributed by atoms with Crippen LogP contribution >= 0.6 is 11.8 Å². The molecule has 2 rings (SSSR count). The quantitative estimate of drug-likeness (QED) is 0.260. The molecular formula is C14H14F3N5O2S. The second kappa shape index (κ2) is 7.60. The van der Waals surface area contributed by atoms with Gasteiger partial charge in [-0.15, -0.1) is 4.99 Å². The second-order valence-electron chi connectivity index (χ2n) is 5.13. The number of alkyl halides is 3. The lowest BCUT2D eigenvalue weighted by molar-refractivity contribution is -0.384. The van der Waals surface area contributed by atoms with Crippen molar-refractivity contribution in [3.63, 3.8) is 0 Å². The number of benzene rings is 1. The Hall–Kier alpha value is -2.48. The molecule has 11 heteroatoms. The minimum atomic E-state index is -4.64. The molecule has 0 spiro atoms. The largest absolute Gasteiger partial charge is 0.416 e. The van der Waals surface area contributed by atoms with E-state index in [1.54, 1.807) is 17.3 Å². The van der Waals surface area contributed by atoms with Crippen molar-refractivity contribution in [3.05, 3.63) is 33.9 Å². The van der Waals surface area contributed by atoms with Gasteiger partial charge >= 0.3 is 6.18 Å². The highest BCUT2D eigenvalue weighted by atomic mass is 32.2. The molecule has 1 heterocycles. The van der Waals surface area contributed by atoms with E-state index in [9.17, 15) is 23.3 Å². The van der Waals surface area contributed by atoms with Gasteiger partial charge in [0.2, 0.25) is 6.19 Å². The van der Waals surface area contributed by atoms with E-state index in [-0.39, 0.29) is 5.69 Å². The van der Waals surface area contributed by atoms with Crippen molar-refractivity contribution in [1.29, 1.82) is 5.26 Å². The number of hydrogen-bond acceptors (Lipinski definition) is 6. The summed E-state index contributed by atoms with van der Waals surface area (Å²) in [5.74, 6) is 0. The number of nitriles is 1. The molecular weight excluding hydrogens is 359 g/mol. The first-order valence-corrected chi connectivity index (χ1v) is 8.36. The average Bonchev–Trinajstić information content (AvgIpc) is 2.58. The Labute approximate surface area is 145 Å². The Morgan fingerprint density at radius 2 is 2.00 bits per heavy atom. The molecule has 0 radical (unpaired) electrons. The maximum absolute atomic E-state index is 12.8. The molecule has 1 fully saturated rings. The number of piperazine rings is 1. The summed E-state index contributed by atoms with van der Waals surface area (Å²) in [7, 11) is 0. The van der Waals surface area contributed by atoms with Crippen LogP contribution in [0.25, 0.3) is 0 Å². The van der Waals surface area contributed by atoms with Crippen LogP contribution in [0.15, 0.2) is 23.2 Å². The topological polar surface area (TPSA) is 85.8 Å². The highest BCUT2D eigenvalue weighted by Crippen LogP contribution is 2.36. The molecule has 0 aromatic heterocycles. The zero-order chi connectivity index (χ0) is 18.6. The predicted molar refractivity (Wildman–Crippen MR) is 88.4 cm³/mol. The smallest absolute Gasteiger partial charge is 0.362 e. The van der Waals surface area contributed by atoms with E-state index in [1.165, 1.54) is 11.8 Å². The summed E-state index contributed by atoms with van der Waals surface area (Å²) < 4.78 is 38.3. The van der Waals surface area contributed by atoms with Gasteiger partial charge in [0.15, 0.2) is 5.17 Å². The van der Waals surface area contributed by atoms with Crippen molar-refractivity contribution < 1.29 is 18.1 Å².